The van der Waals surface area contributed by atoms with Crippen LogP contribution in [0.5, 0.6) is 0 Å². The number of piperidine rings is 1. The lowest BCUT2D eigenvalue weighted by Gasteiger charge is -2.39. The minimum Gasteiger partial charge on any atom is -0.370 e. The Kier molecular flexibility index (Phi) is 5.07. The number of aryl methyl sites for hydroxylation is 1. The SMILES string of the molecule is Cn1ncc(N2CCC(CNC3CC(c4ccccc4)C3)CC2)cc1=O. The van der Waals surface area contributed by atoms with Gasteiger partial charge in [-0.1, -0.05) is 30.3 Å². The molecule has 1 aliphatic heterocycles. The maximum Gasteiger partial charge on any atom is 0.268 e. The molecule has 2 fully saturated rings. The molecule has 1 aromatic carbocycles. The number of nitrogens with zero attached hydrogens (tertiary/aromatic N) is 3. The molecule has 4 rings (SSSR count). The molecular formula is C21H28N4O. The average molecular weight is 352 g/mol. The van der Waals surface area contributed by atoms with Crippen LogP contribution in [-0.2, 0) is 7.05 Å². The van der Waals surface area contributed by atoms with E-state index in [1.807, 2.05) is 0 Å². The first kappa shape index (κ1) is 17.3. The van der Waals surface area contributed by atoms with Gasteiger partial charge in [0.15, 0.2) is 0 Å². The number of anilines is 1. The van der Waals surface area contributed by atoms with Crippen molar-refractivity contribution in [1.82, 2.24) is 15.1 Å². The van der Waals surface area contributed by atoms with Crippen LogP contribution in [0.1, 0.15) is 37.2 Å². The van der Waals surface area contributed by atoms with Crippen LogP contribution in [0, 0.1) is 5.92 Å². The fourth-order valence-corrected chi connectivity index (χ4v) is 4.14. The zero-order chi connectivity index (χ0) is 17.9. The molecule has 1 saturated carbocycles. The first-order chi connectivity index (χ1) is 12.7. The van der Waals surface area contributed by atoms with E-state index in [0.29, 0.717) is 6.04 Å². The normalized spacial score (nSPS) is 23.7. The van der Waals surface area contributed by atoms with Crippen molar-refractivity contribution in [2.45, 2.75) is 37.6 Å². The number of rotatable bonds is 5. The highest BCUT2D eigenvalue weighted by Gasteiger charge is 2.30. The monoisotopic (exact) mass is 352 g/mol. The molecule has 138 valence electrons. The lowest BCUT2D eigenvalue weighted by Crippen LogP contribution is -2.44. The predicted molar refractivity (Wildman–Crippen MR) is 105 cm³/mol. The lowest BCUT2D eigenvalue weighted by atomic mass is 9.75. The summed E-state index contributed by atoms with van der Waals surface area (Å²) in [5.41, 5.74) is 2.41. The van der Waals surface area contributed by atoms with Gasteiger partial charge in [-0.2, -0.15) is 5.10 Å². The van der Waals surface area contributed by atoms with E-state index in [2.05, 4.69) is 45.6 Å². The van der Waals surface area contributed by atoms with Crippen molar-refractivity contribution in [2.75, 3.05) is 24.5 Å². The van der Waals surface area contributed by atoms with E-state index in [1.54, 1.807) is 19.3 Å². The third-order valence-electron chi connectivity index (χ3n) is 6.04. The van der Waals surface area contributed by atoms with Crippen LogP contribution in [0.4, 0.5) is 5.69 Å². The van der Waals surface area contributed by atoms with Crippen LogP contribution in [-0.4, -0.2) is 35.5 Å². The van der Waals surface area contributed by atoms with Crippen LogP contribution >= 0.6 is 0 Å². The van der Waals surface area contributed by atoms with E-state index >= 15 is 0 Å². The number of hydrogen-bond acceptors (Lipinski definition) is 4. The molecule has 5 nitrogen and oxygen atoms in total. The average Bonchev–Trinajstić information content (AvgIpc) is 2.64. The standard InChI is InChI=1S/C21H28N4O/c1-24-21(26)13-20(15-23-24)25-9-7-16(8-10-25)14-22-19-11-18(12-19)17-5-3-2-4-6-17/h2-6,13,15-16,18-19,22H,7-12,14H2,1H3. The molecule has 5 heteroatoms. The second-order valence-electron chi connectivity index (χ2n) is 7.79. The Morgan fingerprint density at radius 2 is 1.88 bits per heavy atom. The summed E-state index contributed by atoms with van der Waals surface area (Å²) in [5.74, 6) is 1.48. The molecular weight excluding hydrogens is 324 g/mol. The summed E-state index contributed by atoms with van der Waals surface area (Å²) in [6, 6.07) is 13.3. The third kappa shape index (κ3) is 3.83. The number of nitrogens with one attached hydrogen (secondary N) is 1. The molecule has 2 aliphatic rings. The van der Waals surface area contributed by atoms with Crippen molar-refractivity contribution >= 4 is 5.69 Å². The predicted octanol–water partition coefficient (Wildman–Crippen LogP) is 2.53. The second-order valence-corrected chi connectivity index (χ2v) is 7.79. The van der Waals surface area contributed by atoms with E-state index < -0.39 is 0 Å². The lowest BCUT2D eigenvalue weighted by molar-refractivity contribution is 0.264. The smallest absolute Gasteiger partial charge is 0.268 e. The van der Waals surface area contributed by atoms with Crippen molar-refractivity contribution in [3.63, 3.8) is 0 Å². The third-order valence-corrected chi connectivity index (χ3v) is 6.04. The maximum absolute atomic E-state index is 11.8. The Hall–Kier alpha value is -2.14. The molecule has 0 atom stereocenters. The van der Waals surface area contributed by atoms with E-state index in [1.165, 1.54) is 35.9 Å². The molecule has 26 heavy (non-hydrogen) atoms. The highest BCUT2D eigenvalue weighted by molar-refractivity contribution is 5.43. The van der Waals surface area contributed by atoms with Crippen molar-refractivity contribution in [1.29, 1.82) is 0 Å². The first-order valence-corrected chi connectivity index (χ1v) is 9.75. The molecule has 0 radical (unpaired) electrons. The summed E-state index contributed by atoms with van der Waals surface area (Å²) in [7, 11) is 1.69. The first-order valence-electron chi connectivity index (χ1n) is 9.75. The van der Waals surface area contributed by atoms with Crippen LogP contribution < -0.4 is 15.8 Å². The minimum absolute atomic E-state index is 0.0377. The molecule has 0 spiro atoms. The molecule has 1 aromatic heterocycles. The van der Waals surface area contributed by atoms with Gasteiger partial charge in [0, 0.05) is 32.2 Å². The number of benzene rings is 1. The quantitative estimate of drug-likeness (QED) is 0.898. The summed E-state index contributed by atoms with van der Waals surface area (Å²) in [6.07, 6.45) is 6.69. The van der Waals surface area contributed by atoms with E-state index in [4.69, 9.17) is 0 Å². The second kappa shape index (κ2) is 7.62. The summed E-state index contributed by atoms with van der Waals surface area (Å²) in [4.78, 5) is 14.0. The van der Waals surface area contributed by atoms with E-state index in [0.717, 1.165) is 37.2 Å². The van der Waals surface area contributed by atoms with Gasteiger partial charge in [0.2, 0.25) is 0 Å². The Bertz CT molecular complexity index is 774. The molecule has 0 amide bonds. The molecule has 1 aliphatic carbocycles. The fraction of sp³-hybridized carbons (Fsp3) is 0.524. The van der Waals surface area contributed by atoms with Crippen LogP contribution in [0.15, 0.2) is 47.4 Å². The number of hydrogen-bond donors (Lipinski definition) is 1. The molecule has 2 heterocycles. The van der Waals surface area contributed by atoms with Gasteiger partial charge in [-0.3, -0.25) is 4.79 Å². The molecule has 1 saturated heterocycles. The highest BCUT2D eigenvalue weighted by atomic mass is 16.1. The van der Waals surface area contributed by atoms with E-state index in [9.17, 15) is 4.79 Å². The largest absolute Gasteiger partial charge is 0.370 e. The van der Waals surface area contributed by atoms with Gasteiger partial charge in [0.05, 0.1) is 11.9 Å². The summed E-state index contributed by atoms with van der Waals surface area (Å²) in [6.45, 7) is 3.14. The summed E-state index contributed by atoms with van der Waals surface area (Å²) >= 11 is 0. The summed E-state index contributed by atoms with van der Waals surface area (Å²) in [5, 5.41) is 7.91. The Balaban J connectivity index is 1.19. The fourth-order valence-electron chi connectivity index (χ4n) is 4.14. The maximum atomic E-state index is 11.8. The van der Waals surface area contributed by atoms with Gasteiger partial charge in [-0.05, 0) is 49.6 Å². The van der Waals surface area contributed by atoms with E-state index in [-0.39, 0.29) is 5.56 Å². The van der Waals surface area contributed by atoms with Crippen LogP contribution in [0.25, 0.3) is 0 Å². The van der Waals surface area contributed by atoms with Gasteiger partial charge in [-0.25, -0.2) is 4.68 Å². The molecule has 1 N–H and O–H groups in total. The zero-order valence-corrected chi connectivity index (χ0v) is 15.5. The van der Waals surface area contributed by atoms with Crippen molar-refractivity contribution < 1.29 is 0 Å². The van der Waals surface area contributed by atoms with Gasteiger partial charge in [0.25, 0.3) is 5.56 Å². The van der Waals surface area contributed by atoms with Gasteiger partial charge in [0.1, 0.15) is 0 Å². The number of aromatic nitrogens is 2. The molecule has 0 unspecified atom stereocenters. The topological polar surface area (TPSA) is 50.2 Å². The van der Waals surface area contributed by atoms with Crippen LogP contribution in [0.2, 0.25) is 0 Å². The Morgan fingerprint density at radius 3 is 2.58 bits per heavy atom. The zero-order valence-electron chi connectivity index (χ0n) is 15.5. The van der Waals surface area contributed by atoms with Gasteiger partial charge >= 0.3 is 0 Å². The van der Waals surface area contributed by atoms with Gasteiger partial charge < -0.3 is 10.2 Å². The minimum atomic E-state index is -0.0377. The molecule has 2 aromatic rings. The van der Waals surface area contributed by atoms with Crippen molar-refractivity contribution in [2.24, 2.45) is 13.0 Å². The highest BCUT2D eigenvalue weighted by Crippen LogP contribution is 2.36. The van der Waals surface area contributed by atoms with Crippen LogP contribution in [0.3, 0.4) is 0 Å². The Morgan fingerprint density at radius 1 is 1.15 bits per heavy atom. The van der Waals surface area contributed by atoms with Crippen molar-refractivity contribution in [3.05, 3.63) is 58.5 Å². The van der Waals surface area contributed by atoms with Crippen molar-refractivity contribution in [3.8, 4) is 0 Å². The Labute approximate surface area is 155 Å². The van der Waals surface area contributed by atoms with Gasteiger partial charge in [-0.15, -0.1) is 0 Å². The molecule has 0 bridgehead atoms. The summed E-state index contributed by atoms with van der Waals surface area (Å²) < 4.78 is 1.38.